The molecule has 30 heavy (non-hydrogen) atoms. The summed E-state index contributed by atoms with van der Waals surface area (Å²) in [5.74, 6) is 1.05. The van der Waals surface area contributed by atoms with Crippen molar-refractivity contribution in [2.45, 2.75) is 32.8 Å². The van der Waals surface area contributed by atoms with E-state index in [0.29, 0.717) is 22.1 Å². The first kappa shape index (κ1) is 21.7. The fourth-order valence-electron chi connectivity index (χ4n) is 3.09. The fraction of sp³-hybridized carbons (Fsp3) is 0.240. The van der Waals surface area contributed by atoms with Crippen molar-refractivity contribution in [1.82, 2.24) is 0 Å². The minimum atomic E-state index is -0.182. The monoisotopic (exact) mass is 423 g/mol. The quantitative estimate of drug-likeness (QED) is 0.426. The third-order valence-corrected chi connectivity index (χ3v) is 5.11. The van der Waals surface area contributed by atoms with Gasteiger partial charge in [0.15, 0.2) is 0 Å². The summed E-state index contributed by atoms with van der Waals surface area (Å²) in [7, 11) is 1.59. The van der Waals surface area contributed by atoms with Gasteiger partial charge in [-0.25, -0.2) is 0 Å². The lowest BCUT2D eigenvalue weighted by Crippen LogP contribution is -2.13. The highest BCUT2D eigenvalue weighted by Crippen LogP contribution is 2.27. The van der Waals surface area contributed by atoms with Crippen molar-refractivity contribution in [2.75, 3.05) is 12.4 Å². The first-order chi connectivity index (χ1) is 14.6. The molecule has 4 nitrogen and oxygen atoms in total. The van der Waals surface area contributed by atoms with E-state index in [1.54, 1.807) is 37.4 Å². The van der Waals surface area contributed by atoms with Gasteiger partial charge in [0.25, 0.3) is 5.91 Å². The molecule has 0 aliphatic rings. The van der Waals surface area contributed by atoms with E-state index in [9.17, 15) is 4.79 Å². The normalized spacial score (nSPS) is 10.5. The third kappa shape index (κ3) is 5.77. The Morgan fingerprint density at radius 1 is 1.00 bits per heavy atom. The molecule has 0 aromatic heterocycles. The number of halogens is 1. The van der Waals surface area contributed by atoms with Gasteiger partial charge in [-0.15, -0.1) is 0 Å². The summed E-state index contributed by atoms with van der Waals surface area (Å²) < 4.78 is 11.2. The molecular weight excluding hydrogens is 398 g/mol. The van der Waals surface area contributed by atoms with Crippen LogP contribution in [0, 0.1) is 0 Å². The summed E-state index contributed by atoms with van der Waals surface area (Å²) in [6.45, 7) is 2.41. The zero-order chi connectivity index (χ0) is 21.3. The summed E-state index contributed by atoms with van der Waals surface area (Å²) >= 11 is 6.15. The van der Waals surface area contributed by atoms with E-state index < -0.39 is 0 Å². The van der Waals surface area contributed by atoms with E-state index in [1.807, 2.05) is 24.3 Å². The second kappa shape index (κ2) is 10.7. The average molecular weight is 424 g/mol. The van der Waals surface area contributed by atoms with Gasteiger partial charge >= 0.3 is 0 Å². The number of benzene rings is 3. The molecule has 3 aromatic carbocycles. The lowest BCUT2D eigenvalue weighted by atomic mass is 10.1. The van der Waals surface area contributed by atoms with Gasteiger partial charge in [-0.2, -0.15) is 0 Å². The minimum Gasteiger partial charge on any atom is -0.496 e. The molecule has 5 heteroatoms. The summed E-state index contributed by atoms with van der Waals surface area (Å²) in [5.41, 5.74) is 3.34. The Morgan fingerprint density at radius 2 is 1.77 bits per heavy atom. The zero-order valence-electron chi connectivity index (χ0n) is 17.3. The molecule has 0 atom stereocenters. The van der Waals surface area contributed by atoms with E-state index in [1.165, 1.54) is 12.0 Å². The van der Waals surface area contributed by atoms with Crippen molar-refractivity contribution in [3.05, 3.63) is 88.4 Å². The number of nitrogens with one attached hydrogen (secondary N) is 1. The molecular formula is C25H26ClNO3. The highest BCUT2D eigenvalue weighted by atomic mass is 35.5. The molecule has 0 spiro atoms. The van der Waals surface area contributed by atoms with Gasteiger partial charge in [0.05, 0.1) is 12.1 Å². The van der Waals surface area contributed by atoms with Gasteiger partial charge in [-0.05, 0) is 60.9 Å². The number of hydrogen-bond donors (Lipinski definition) is 1. The molecule has 0 aliphatic heterocycles. The minimum absolute atomic E-state index is 0.182. The Balaban J connectivity index is 1.70. The Morgan fingerprint density at radius 3 is 2.47 bits per heavy atom. The second-order valence-corrected chi connectivity index (χ2v) is 7.41. The number of rotatable bonds is 9. The Bertz CT molecular complexity index is 986. The molecule has 0 saturated heterocycles. The Kier molecular flexibility index (Phi) is 7.75. The molecule has 0 radical (unpaired) electrons. The van der Waals surface area contributed by atoms with Crippen molar-refractivity contribution >= 4 is 23.2 Å². The van der Waals surface area contributed by atoms with E-state index >= 15 is 0 Å². The van der Waals surface area contributed by atoms with E-state index in [0.717, 1.165) is 24.1 Å². The highest BCUT2D eigenvalue weighted by Gasteiger charge is 2.12. The summed E-state index contributed by atoms with van der Waals surface area (Å²) in [6, 6.07) is 20.6. The van der Waals surface area contributed by atoms with Crippen LogP contribution in [-0.4, -0.2) is 13.0 Å². The number of hydrogen-bond acceptors (Lipinski definition) is 3. The third-order valence-electron chi connectivity index (χ3n) is 4.79. The molecule has 3 rings (SSSR count). The van der Waals surface area contributed by atoms with Crippen LogP contribution in [0.2, 0.25) is 5.02 Å². The topological polar surface area (TPSA) is 47.6 Å². The van der Waals surface area contributed by atoms with Gasteiger partial charge in [-0.3, -0.25) is 4.79 Å². The lowest BCUT2D eigenvalue weighted by Gasteiger charge is -2.13. The summed E-state index contributed by atoms with van der Waals surface area (Å²) in [5, 5.41) is 3.48. The molecule has 0 unspecified atom stereocenters. The van der Waals surface area contributed by atoms with E-state index in [2.05, 4.69) is 24.4 Å². The van der Waals surface area contributed by atoms with Crippen molar-refractivity contribution in [1.29, 1.82) is 0 Å². The number of para-hydroxylation sites is 1. The van der Waals surface area contributed by atoms with Crippen LogP contribution in [0.3, 0.4) is 0 Å². The predicted octanol–water partition coefficient (Wildman–Crippen LogP) is 6.52. The molecule has 3 aromatic rings. The van der Waals surface area contributed by atoms with Gasteiger partial charge < -0.3 is 14.8 Å². The number of anilines is 1. The molecule has 0 bridgehead atoms. The van der Waals surface area contributed by atoms with Crippen LogP contribution < -0.4 is 14.8 Å². The van der Waals surface area contributed by atoms with Crippen LogP contribution in [0.15, 0.2) is 66.7 Å². The van der Waals surface area contributed by atoms with Crippen LogP contribution >= 0.6 is 11.6 Å². The van der Waals surface area contributed by atoms with Gasteiger partial charge in [0.2, 0.25) is 0 Å². The first-order valence-electron chi connectivity index (χ1n) is 10.0. The SMILES string of the molecule is CCCCc1ccc(NC(=O)c2ccc(OC)c(COc3ccccc3Cl)c2)cc1. The lowest BCUT2D eigenvalue weighted by molar-refractivity contribution is 0.102. The largest absolute Gasteiger partial charge is 0.496 e. The molecule has 1 amide bonds. The maximum Gasteiger partial charge on any atom is 0.255 e. The molecule has 0 aliphatic carbocycles. The second-order valence-electron chi connectivity index (χ2n) is 7.00. The highest BCUT2D eigenvalue weighted by molar-refractivity contribution is 6.32. The Hall–Kier alpha value is -2.98. The maximum absolute atomic E-state index is 12.7. The molecule has 1 N–H and O–H groups in total. The van der Waals surface area contributed by atoms with Crippen LogP contribution in [0.25, 0.3) is 0 Å². The van der Waals surface area contributed by atoms with Crippen LogP contribution in [0.5, 0.6) is 11.5 Å². The molecule has 156 valence electrons. The zero-order valence-corrected chi connectivity index (χ0v) is 18.0. The molecule has 0 fully saturated rings. The average Bonchev–Trinajstić information content (AvgIpc) is 2.78. The van der Waals surface area contributed by atoms with E-state index in [4.69, 9.17) is 21.1 Å². The number of carbonyl (C=O) groups excluding carboxylic acids is 1. The first-order valence-corrected chi connectivity index (χ1v) is 10.4. The number of methoxy groups -OCH3 is 1. The molecule has 0 saturated carbocycles. The van der Waals surface area contributed by atoms with E-state index in [-0.39, 0.29) is 12.5 Å². The van der Waals surface area contributed by atoms with Crippen molar-refractivity contribution in [3.8, 4) is 11.5 Å². The number of ether oxygens (including phenoxy) is 2. The van der Waals surface area contributed by atoms with Crippen LogP contribution in [-0.2, 0) is 13.0 Å². The maximum atomic E-state index is 12.7. The standard InChI is InChI=1S/C25H26ClNO3/c1-3-4-7-18-10-13-21(14-11-18)27-25(28)19-12-15-23(29-2)20(16-19)17-30-24-9-6-5-8-22(24)26/h5-6,8-16H,3-4,7,17H2,1-2H3,(H,27,28). The number of amides is 1. The number of carbonyl (C=O) groups is 1. The number of unbranched alkanes of at least 4 members (excludes halogenated alkanes) is 1. The van der Waals surface area contributed by atoms with Crippen molar-refractivity contribution < 1.29 is 14.3 Å². The van der Waals surface area contributed by atoms with Crippen molar-refractivity contribution in [3.63, 3.8) is 0 Å². The van der Waals surface area contributed by atoms with Crippen LogP contribution in [0.4, 0.5) is 5.69 Å². The van der Waals surface area contributed by atoms with Gasteiger partial charge in [0.1, 0.15) is 18.1 Å². The smallest absolute Gasteiger partial charge is 0.255 e. The number of aryl methyl sites for hydroxylation is 1. The molecule has 0 heterocycles. The summed E-state index contributed by atoms with van der Waals surface area (Å²) in [6.07, 6.45) is 3.38. The predicted molar refractivity (Wildman–Crippen MR) is 122 cm³/mol. The van der Waals surface area contributed by atoms with Crippen molar-refractivity contribution in [2.24, 2.45) is 0 Å². The van der Waals surface area contributed by atoms with Gasteiger partial charge in [0, 0.05) is 16.8 Å². The summed E-state index contributed by atoms with van der Waals surface area (Å²) in [4.78, 5) is 12.7. The van der Waals surface area contributed by atoms with Crippen LogP contribution in [0.1, 0.15) is 41.3 Å². The van der Waals surface area contributed by atoms with Gasteiger partial charge in [-0.1, -0.05) is 49.2 Å². The fourth-order valence-corrected chi connectivity index (χ4v) is 3.28. The Labute approximate surface area is 182 Å².